The van der Waals surface area contributed by atoms with Gasteiger partial charge < -0.3 is 10.2 Å². The van der Waals surface area contributed by atoms with Crippen LogP contribution in [-0.2, 0) is 6.18 Å². The van der Waals surface area contributed by atoms with Crippen molar-refractivity contribution >= 4 is 16.5 Å². The molecule has 1 aromatic rings. The normalized spacial score (nSPS) is 22.6. The molecule has 1 aromatic heterocycles. The third-order valence-corrected chi connectivity index (χ3v) is 4.49. The van der Waals surface area contributed by atoms with E-state index in [9.17, 15) is 13.2 Å². The van der Waals surface area contributed by atoms with Gasteiger partial charge in [0.2, 0.25) is 10.1 Å². The average Bonchev–Trinajstić information content (AvgIpc) is 2.77. The van der Waals surface area contributed by atoms with Crippen LogP contribution in [0.3, 0.4) is 0 Å². The summed E-state index contributed by atoms with van der Waals surface area (Å²) in [5.74, 6) is 0. The van der Waals surface area contributed by atoms with Gasteiger partial charge in [0.25, 0.3) is 0 Å². The number of hydrogen-bond donors (Lipinski definition) is 1. The van der Waals surface area contributed by atoms with E-state index in [1.807, 2.05) is 4.90 Å². The summed E-state index contributed by atoms with van der Waals surface area (Å²) >= 11 is 0.620. The van der Waals surface area contributed by atoms with Crippen LogP contribution in [0.1, 0.15) is 5.01 Å². The van der Waals surface area contributed by atoms with Gasteiger partial charge in [0.05, 0.1) is 0 Å². The Bertz CT molecular complexity index is 437. The lowest BCUT2D eigenvalue weighted by atomic mass is 10.1. The maximum absolute atomic E-state index is 12.4. The van der Waals surface area contributed by atoms with Crippen LogP contribution in [0.15, 0.2) is 0 Å². The maximum atomic E-state index is 12.4. The Balaban J connectivity index is 1.56. The van der Waals surface area contributed by atoms with Gasteiger partial charge >= 0.3 is 6.18 Å². The highest BCUT2D eigenvalue weighted by molar-refractivity contribution is 7.15. The average molecular weight is 293 g/mol. The minimum Gasteiger partial charge on any atom is -0.343 e. The van der Waals surface area contributed by atoms with Crippen molar-refractivity contribution < 1.29 is 13.2 Å². The standard InChI is InChI=1S/C10H14F3N5S/c11-10(12,13)8-15-16-9(19-8)18-5-7(6-18)17-3-1-14-2-4-17/h7,14H,1-6H2. The zero-order chi connectivity index (χ0) is 13.5. The van der Waals surface area contributed by atoms with E-state index in [0.29, 0.717) is 22.5 Å². The number of nitrogens with one attached hydrogen (secondary N) is 1. The molecule has 0 bridgehead atoms. The van der Waals surface area contributed by atoms with Gasteiger partial charge in [-0.25, -0.2) is 0 Å². The Labute approximate surface area is 112 Å². The van der Waals surface area contributed by atoms with Crippen molar-refractivity contribution in [2.45, 2.75) is 12.2 Å². The molecule has 1 N–H and O–H groups in total. The van der Waals surface area contributed by atoms with Crippen molar-refractivity contribution in [2.75, 3.05) is 44.2 Å². The van der Waals surface area contributed by atoms with E-state index >= 15 is 0 Å². The number of rotatable bonds is 2. The van der Waals surface area contributed by atoms with Crippen molar-refractivity contribution in [3.63, 3.8) is 0 Å². The SMILES string of the molecule is FC(F)(F)c1nnc(N2CC(N3CCNCC3)C2)s1. The molecule has 3 heterocycles. The molecule has 5 nitrogen and oxygen atoms in total. The molecule has 106 valence electrons. The molecule has 0 spiro atoms. The minimum absolute atomic E-state index is 0.374. The Hall–Kier alpha value is -0.930. The monoisotopic (exact) mass is 293 g/mol. The Morgan fingerprint density at radius 1 is 1.16 bits per heavy atom. The van der Waals surface area contributed by atoms with Crippen molar-refractivity contribution in [3.8, 4) is 0 Å². The second-order valence-corrected chi connectivity index (χ2v) is 5.69. The van der Waals surface area contributed by atoms with Crippen LogP contribution in [0.4, 0.5) is 18.3 Å². The van der Waals surface area contributed by atoms with Gasteiger partial charge in [-0.3, -0.25) is 4.90 Å². The highest BCUT2D eigenvalue weighted by Crippen LogP contribution is 2.35. The number of nitrogens with zero attached hydrogens (tertiary/aromatic N) is 4. The number of halogens is 3. The zero-order valence-electron chi connectivity index (χ0n) is 10.2. The molecular formula is C10H14F3N5S. The number of alkyl halides is 3. The third kappa shape index (κ3) is 2.67. The molecule has 0 atom stereocenters. The van der Waals surface area contributed by atoms with E-state index in [4.69, 9.17) is 0 Å². The van der Waals surface area contributed by atoms with E-state index in [-0.39, 0.29) is 0 Å². The van der Waals surface area contributed by atoms with E-state index in [2.05, 4.69) is 20.4 Å². The summed E-state index contributed by atoms with van der Waals surface area (Å²) < 4.78 is 37.3. The smallest absolute Gasteiger partial charge is 0.343 e. The van der Waals surface area contributed by atoms with Crippen LogP contribution in [-0.4, -0.2) is 60.4 Å². The van der Waals surface area contributed by atoms with E-state index in [0.717, 1.165) is 39.3 Å². The van der Waals surface area contributed by atoms with Crippen LogP contribution in [0.25, 0.3) is 0 Å². The van der Waals surface area contributed by atoms with Gasteiger partial charge in [0.15, 0.2) is 0 Å². The summed E-state index contributed by atoms with van der Waals surface area (Å²) in [5.41, 5.74) is 0. The van der Waals surface area contributed by atoms with Crippen molar-refractivity contribution in [3.05, 3.63) is 5.01 Å². The summed E-state index contributed by atoms with van der Waals surface area (Å²) in [4.78, 5) is 4.23. The quantitative estimate of drug-likeness (QED) is 0.867. The fourth-order valence-electron chi connectivity index (χ4n) is 2.35. The fourth-order valence-corrected chi connectivity index (χ4v) is 3.08. The van der Waals surface area contributed by atoms with Gasteiger partial charge in [-0.05, 0) is 0 Å². The van der Waals surface area contributed by atoms with E-state index in [1.54, 1.807) is 0 Å². The summed E-state index contributed by atoms with van der Waals surface area (Å²) in [6.45, 7) is 5.45. The predicted octanol–water partition coefficient (Wildman–Crippen LogP) is 0.651. The van der Waals surface area contributed by atoms with Crippen molar-refractivity contribution in [1.29, 1.82) is 0 Å². The fraction of sp³-hybridized carbons (Fsp3) is 0.800. The molecule has 2 fully saturated rings. The van der Waals surface area contributed by atoms with Gasteiger partial charge in [0.1, 0.15) is 0 Å². The second-order valence-electron chi connectivity index (χ2n) is 4.73. The summed E-state index contributed by atoms with van der Waals surface area (Å²) in [6.07, 6.45) is -4.39. The molecule has 2 aliphatic heterocycles. The first-order valence-corrected chi connectivity index (χ1v) is 6.96. The number of aromatic nitrogens is 2. The molecule has 2 saturated heterocycles. The Morgan fingerprint density at radius 2 is 1.84 bits per heavy atom. The first kappa shape index (κ1) is 13.1. The van der Waals surface area contributed by atoms with Gasteiger partial charge in [-0.15, -0.1) is 10.2 Å². The molecule has 0 amide bonds. The predicted molar refractivity (Wildman–Crippen MR) is 65.4 cm³/mol. The zero-order valence-corrected chi connectivity index (χ0v) is 11.0. The highest BCUT2D eigenvalue weighted by atomic mass is 32.1. The van der Waals surface area contributed by atoms with Crippen molar-refractivity contribution in [1.82, 2.24) is 20.4 Å². The van der Waals surface area contributed by atoms with Crippen LogP contribution in [0.2, 0.25) is 0 Å². The first-order valence-electron chi connectivity index (χ1n) is 6.14. The number of hydrogen-bond acceptors (Lipinski definition) is 6. The van der Waals surface area contributed by atoms with Crippen LogP contribution in [0, 0.1) is 0 Å². The molecule has 3 rings (SSSR count). The number of piperazine rings is 1. The lowest BCUT2D eigenvalue weighted by Gasteiger charge is -2.46. The summed E-state index contributed by atoms with van der Waals surface area (Å²) in [5, 5.41) is 9.62. The third-order valence-electron chi connectivity index (χ3n) is 3.46. The Morgan fingerprint density at radius 3 is 2.42 bits per heavy atom. The maximum Gasteiger partial charge on any atom is 0.445 e. The highest BCUT2D eigenvalue weighted by Gasteiger charge is 2.39. The molecule has 0 aliphatic carbocycles. The van der Waals surface area contributed by atoms with Crippen LogP contribution < -0.4 is 10.2 Å². The van der Waals surface area contributed by atoms with E-state index in [1.165, 1.54) is 0 Å². The molecule has 2 aliphatic rings. The van der Waals surface area contributed by atoms with Gasteiger partial charge in [-0.2, -0.15) is 13.2 Å². The largest absolute Gasteiger partial charge is 0.445 e. The molecule has 9 heteroatoms. The Kier molecular flexibility index (Phi) is 3.35. The molecule has 0 aromatic carbocycles. The van der Waals surface area contributed by atoms with Crippen LogP contribution in [0.5, 0.6) is 0 Å². The first-order chi connectivity index (χ1) is 9.04. The molecule has 19 heavy (non-hydrogen) atoms. The van der Waals surface area contributed by atoms with E-state index < -0.39 is 11.2 Å². The second kappa shape index (κ2) is 4.88. The topological polar surface area (TPSA) is 44.3 Å². The van der Waals surface area contributed by atoms with Gasteiger partial charge in [0, 0.05) is 45.3 Å². The lowest BCUT2D eigenvalue weighted by Crippen LogP contribution is -2.62. The lowest BCUT2D eigenvalue weighted by molar-refractivity contribution is -0.138. The van der Waals surface area contributed by atoms with Crippen molar-refractivity contribution in [2.24, 2.45) is 0 Å². The molecule has 0 unspecified atom stereocenters. The summed E-state index contributed by atoms with van der Waals surface area (Å²) in [6, 6.07) is 0.431. The number of anilines is 1. The minimum atomic E-state index is -4.39. The summed E-state index contributed by atoms with van der Waals surface area (Å²) in [7, 11) is 0. The van der Waals surface area contributed by atoms with Gasteiger partial charge in [-0.1, -0.05) is 11.3 Å². The molecular weight excluding hydrogens is 279 g/mol. The molecule has 0 radical (unpaired) electrons. The molecule has 0 saturated carbocycles. The van der Waals surface area contributed by atoms with Crippen LogP contribution >= 0.6 is 11.3 Å².